The Morgan fingerprint density at radius 3 is 2.77 bits per heavy atom. The highest BCUT2D eigenvalue weighted by molar-refractivity contribution is 5.99. The molecule has 2 amide bonds. The number of morpholine rings is 1. The fourth-order valence-electron chi connectivity index (χ4n) is 3.93. The predicted molar refractivity (Wildman–Crippen MR) is 123 cm³/mol. The molecule has 35 heavy (non-hydrogen) atoms. The molecule has 4 rings (SSSR count). The van der Waals surface area contributed by atoms with Crippen molar-refractivity contribution in [2.75, 3.05) is 42.2 Å². The van der Waals surface area contributed by atoms with Crippen molar-refractivity contribution in [2.45, 2.75) is 39.5 Å². The van der Waals surface area contributed by atoms with E-state index in [0.29, 0.717) is 30.7 Å². The van der Waals surface area contributed by atoms with E-state index in [1.807, 2.05) is 20.8 Å². The molecule has 12 heteroatoms. The first-order valence-corrected chi connectivity index (χ1v) is 11.2. The van der Waals surface area contributed by atoms with Crippen LogP contribution in [-0.2, 0) is 26.9 Å². The fourth-order valence-corrected chi connectivity index (χ4v) is 3.93. The Labute approximate surface area is 200 Å². The SMILES string of the molecule is CC(C)(C)C(=O)N1CCOC(CNc2nc(Nc3ccc4c(c3)CC(=O)N4)ncc2C(F)(F)F)C1. The first kappa shape index (κ1) is 24.7. The van der Waals surface area contributed by atoms with Gasteiger partial charge in [0.25, 0.3) is 0 Å². The van der Waals surface area contributed by atoms with Crippen LogP contribution < -0.4 is 16.0 Å². The summed E-state index contributed by atoms with van der Waals surface area (Å²) in [6, 6.07) is 5.10. The van der Waals surface area contributed by atoms with Crippen LogP contribution >= 0.6 is 0 Å². The number of amides is 2. The lowest BCUT2D eigenvalue weighted by Gasteiger charge is -2.36. The van der Waals surface area contributed by atoms with Crippen molar-refractivity contribution in [1.82, 2.24) is 14.9 Å². The molecule has 3 heterocycles. The molecule has 2 aliphatic rings. The Morgan fingerprint density at radius 1 is 1.29 bits per heavy atom. The van der Waals surface area contributed by atoms with Crippen molar-refractivity contribution in [1.29, 1.82) is 0 Å². The van der Waals surface area contributed by atoms with Gasteiger partial charge in [0.05, 0.1) is 19.1 Å². The van der Waals surface area contributed by atoms with Gasteiger partial charge in [0.15, 0.2) is 0 Å². The Kier molecular flexibility index (Phi) is 6.58. The van der Waals surface area contributed by atoms with Gasteiger partial charge < -0.3 is 25.6 Å². The molecule has 1 aromatic heterocycles. The number of alkyl halides is 3. The number of ether oxygens (including phenoxy) is 1. The molecule has 0 aliphatic carbocycles. The number of nitrogens with zero attached hydrogens (tertiary/aromatic N) is 3. The van der Waals surface area contributed by atoms with Gasteiger partial charge >= 0.3 is 6.18 Å². The number of fused-ring (bicyclic) bond motifs is 1. The summed E-state index contributed by atoms with van der Waals surface area (Å²) in [6.07, 6.45) is -4.22. The molecule has 9 nitrogen and oxygen atoms in total. The van der Waals surface area contributed by atoms with Crippen LogP contribution in [0.2, 0.25) is 0 Å². The monoisotopic (exact) mass is 492 g/mol. The number of halogens is 3. The summed E-state index contributed by atoms with van der Waals surface area (Å²) >= 11 is 0. The standard InChI is InChI=1S/C23H27F3N6O3/c1-22(2,3)20(34)32-6-7-35-15(12-32)10-27-19-16(23(24,25)26)11-28-21(31-19)29-14-4-5-17-13(8-14)9-18(33)30-17/h4-5,8,11,15H,6-7,9-10,12H2,1-3H3,(H,30,33)(H2,27,28,29,31). The highest BCUT2D eigenvalue weighted by Crippen LogP contribution is 2.34. The number of anilines is 4. The third kappa shape index (κ3) is 5.81. The minimum Gasteiger partial charge on any atom is -0.373 e. The van der Waals surface area contributed by atoms with Crippen LogP contribution in [0.25, 0.3) is 0 Å². The molecule has 1 saturated heterocycles. The maximum atomic E-state index is 13.6. The molecule has 0 saturated carbocycles. The van der Waals surface area contributed by atoms with Gasteiger partial charge in [-0.2, -0.15) is 18.2 Å². The topological polar surface area (TPSA) is 108 Å². The first-order valence-electron chi connectivity index (χ1n) is 11.2. The highest BCUT2D eigenvalue weighted by Gasteiger charge is 2.36. The Bertz CT molecular complexity index is 1130. The Hall–Kier alpha value is -3.41. The third-order valence-electron chi connectivity index (χ3n) is 5.65. The Balaban J connectivity index is 1.48. The number of hydrogen-bond acceptors (Lipinski definition) is 7. The lowest BCUT2D eigenvalue weighted by Crippen LogP contribution is -2.51. The molecule has 1 aromatic carbocycles. The van der Waals surface area contributed by atoms with E-state index in [1.165, 1.54) is 0 Å². The van der Waals surface area contributed by atoms with Crippen LogP contribution in [-0.4, -0.2) is 59.0 Å². The zero-order valence-corrected chi connectivity index (χ0v) is 19.6. The van der Waals surface area contributed by atoms with Crippen LogP contribution in [0.1, 0.15) is 31.9 Å². The van der Waals surface area contributed by atoms with E-state index in [9.17, 15) is 22.8 Å². The molecule has 3 N–H and O–H groups in total. The van der Waals surface area contributed by atoms with Crippen molar-refractivity contribution in [3.05, 3.63) is 35.5 Å². The molecular weight excluding hydrogens is 465 g/mol. The van der Waals surface area contributed by atoms with Crippen molar-refractivity contribution in [3.63, 3.8) is 0 Å². The number of carbonyl (C=O) groups is 2. The average Bonchev–Trinajstić information content (AvgIpc) is 3.15. The number of nitrogens with one attached hydrogen (secondary N) is 3. The van der Waals surface area contributed by atoms with Crippen LogP contribution in [0.15, 0.2) is 24.4 Å². The van der Waals surface area contributed by atoms with E-state index in [2.05, 4.69) is 25.9 Å². The van der Waals surface area contributed by atoms with Gasteiger partial charge in [0, 0.05) is 42.6 Å². The van der Waals surface area contributed by atoms with E-state index < -0.39 is 29.1 Å². The molecule has 2 aliphatic heterocycles. The zero-order chi connectivity index (χ0) is 25.4. The van der Waals surface area contributed by atoms with Gasteiger partial charge in [-0.3, -0.25) is 9.59 Å². The van der Waals surface area contributed by atoms with Crippen LogP contribution in [0, 0.1) is 5.41 Å². The van der Waals surface area contributed by atoms with E-state index in [-0.39, 0.29) is 37.3 Å². The van der Waals surface area contributed by atoms with Gasteiger partial charge in [0.2, 0.25) is 17.8 Å². The van der Waals surface area contributed by atoms with E-state index in [4.69, 9.17) is 4.74 Å². The smallest absolute Gasteiger partial charge is 0.373 e. The van der Waals surface area contributed by atoms with Crippen LogP contribution in [0.5, 0.6) is 0 Å². The summed E-state index contributed by atoms with van der Waals surface area (Å²) in [5.74, 6) is -0.591. The molecule has 0 bridgehead atoms. The molecule has 1 unspecified atom stereocenters. The number of carbonyl (C=O) groups excluding carboxylic acids is 2. The molecule has 0 spiro atoms. The van der Waals surface area contributed by atoms with Gasteiger partial charge in [0.1, 0.15) is 11.4 Å². The second-order valence-corrected chi connectivity index (χ2v) is 9.55. The van der Waals surface area contributed by atoms with E-state index in [1.54, 1.807) is 23.1 Å². The largest absolute Gasteiger partial charge is 0.421 e. The minimum absolute atomic E-state index is 0.0279. The molecule has 1 fully saturated rings. The summed E-state index contributed by atoms with van der Waals surface area (Å²) in [5, 5.41) is 8.34. The summed E-state index contributed by atoms with van der Waals surface area (Å²) in [6.45, 7) is 6.48. The summed E-state index contributed by atoms with van der Waals surface area (Å²) in [4.78, 5) is 33.7. The number of aromatic nitrogens is 2. The lowest BCUT2D eigenvalue weighted by molar-refractivity contribution is -0.146. The highest BCUT2D eigenvalue weighted by atomic mass is 19.4. The fraction of sp³-hybridized carbons (Fsp3) is 0.478. The number of hydrogen-bond donors (Lipinski definition) is 3. The molecule has 188 valence electrons. The third-order valence-corrected chi connectivity index (χ3v) is 5.65. The summed E-state index contributed by atoms with van der Waals surface area (Å²) in [5.41, 5.74) is 0.437. The maximum Gasteiger partial charge on any atom is 0.421 e. The molecule has 0 radical (unpaired) electrons. The van der Waals surface area contributed by atoms with Gasteiger partial charge in [-0.15, -0.1) is 0 Å². The molecule has 1 atom stereocenters. The molecular formula is C23H27F3N6O3. The number of rotatable bonds is 5. The van der Waals surface area contributed by atoms with Crippen molar-refractivity contribution >= 4 is 35.0 Å². The molecule has 2 aromatic rings. The minimum atomic E-state index is -4.66. The Morgan fingerprint density at radius 2 is 2.06 bits per heavy atom. The summed E-state index contributed by atoms with van der Waals surface area (Å²) in [7, 11) is 0. The van der Waals surface area contributed by atoms with Crippen molar-refractivity contribution in [3.8, 4) is 0 Å². The first-order chi connectivity index (χ1) is 16.4. The predicted octanol–water partition coefficient (Wildman–Crippen LogP) is 3.42. The maximum absolute atomic E-state index is 13.6. The normalized spacial score (nSPS) is 18.2. The van der Waals surface area contributed by atoms with Crippen LogP contribution in [0.4, 0.5) is 36.3 Å². The summed E-state index contributed by atoms with van der Waals surface area (Å²) < 4.78 is 46.5. The van der Waals surface area contributed by atoms with Gasteiger partial charge in [-0.05, 0) is 23.8 Å². The zero-order valence-electron chi connectivity index (χ0n) is 19.6. The van der Waals surface area contributed by atoms with Gasteiger partial charge in [-0.1, -0.05) is 20.8 Å². The van der Waals surface area contributed by atoms with Gasteiger partial charge in [-0.25, -0.2) is 4.98 Å². The second-order valence-electron chi connectivity index (χ2n) is 9.55. The van der Waals surface area contributed by atoms with Crippen molar-refractivity contribution < 1.29 is 27.5 Å². The van der Waals surface area contributed by atoms with E-state index in [0.717, 1.165) is 5.56 Å². The lowest BCUT2D eigenvalue weighted by atomic mass is 9.94. The van der Waals surface area contributed by atoms with E-state index >= 15 is 0 Å². The van der Waals surface area contributed by atoms with Crippen LogP contribution in [0.3, 0.4) is 0 Å². The average molecular weight is 493 g/mol. The second kappa shape index (κ2) is 9.33. The quantitative estimate of drug-likeness (QED) is 0.587. The van der Waals surface area contributed by atoms with Crippen molar-refractivity contribution in [2.24, 2.45) is 5.41 Å². The number of benzene rings is 1.